The highest BCUT2D eigenvalue weighted by Gasteiger charge is 2.58. The second-order valence-corrected chi connectivity index (χ2v) is 7.18. The Kier molecular flexibility index (Phi) is 5.88. The molecule has 0 bridgehead atoms. The van der Waals surface area contributed by atoms with Crippen LogP contribution in [0.5, 0.6) is 0 Å². The fraction of sp³-hybridized carbons (Fsp3) is 0.632. The third-order valence-electron chi connectivity index (χ3n) is 5.63. The number of ether oxygens (including phenoxy) is 1. The summed E-state index contributed by atoms with van der Waals surface area (Å²) < 4.78 is 5.69. The van der Waals surface area contributed by atoms with Crippen molar-refractivity contribution in [2.45, 2.75) is 58.9 Å². The second kappa shape index (κ2) is 7.53. The number of methoxy groups -OCH3 is 1. The molecule has 1 aliphatic carbocycles. The maximum atomic E-state index is 9.44. The maximum Gasteiger partial charge on any atom is 0.191 e. The SMILES string of the molecule is CCNC(=NCc1ccccc1CO)NC1CC(C)(OC)C1(C)C. The molecule has 134 valence electrons. The molecule has 0 radical (unpaired) electrons. The van der Waals surface area contributed by atoms with E-state index in [1.807, 2.05) is 24.3 Å². The van der Waals surface area contributed by atoms with Gasteiger partial charge in [-0.3, -0.25) is 0 Å². The number of hydrogen-bond acceptors (Lipinski definition) is 3. The second-order valence-electron chi connectivity index (χ2n) is 7.18. The number of benzene rings is 1. The summed E-state index contributed by atoms with van der Waals surface area (Å²) in [6.45, 7) is 10.1. The zero-order valence-electron chi connectivity index (χ0n) is 15.5. The first-order valence-corrected chi connectivity index (χ1v) is 8.65. The van der Waals surface area contributed by atoms with Crippen LogP contribution in [0.2, 0.25) is 0 Å². The topological polar surface area (TPSA) is 65.9 Å². The van der Waals surface area contributed by atoms with Crippen molar-refractivity contribution in [2.24, 2.45) is 10.4 Å². The third-order valence-corrected chi connectivity index (χ3v) is 5.63. The number of aliphatic hydroxyl groups excluding tert-OH is 1. The summed E-state index contributed by atoms with van der Waals surface area (Å²) in [5.74, 6) is 0.807. The summed E-state index contributed by atoms with van der Waals surface area (Å²) in [4.78, 5) is 4.70. The first-order chi connectivity index (χ1) is 11.4. The predicted molar refractivity (Wildman–Crippen MR) is 97.9 cm³/mol. The summed E-state index contributed by atoms with van der Waals surface area (Å²) in [6, 6.07) is 8.17. The van der Waals surface area contributed by atoms with Gasteiger partial charge in [0.05, 0.1) is 18.8 Å². The van der Waals surface area contributed by atoms with Gasteiger partial charge in [0, 0.05) is 25.1 Å². The highest BCUT2D eigenvalue weighted by molar-refractivity contribution is 5.80. The molecule has 0 aromatic heterocycles. The van der Waals surface area contributed by atoms with Gasteiger partial charge in [-0.25, -0.2) is 4.99 Å². The Morgan fingerprint density at radius 1 is 1.29 bits per heavy atom. The van der Waals surface area contributed by atoms with Gasteiger partial charge in [-0.2, -0.15) is 0 Å². The molecule has 24 heavy (non-hydrogen) atoms. The summed E-state index contributed by atoms with van der Waals surface area (Å²) in [7, 11) is 1.78. The molecule has 1 aromatic carbocycles. The van der Waals surface area contributed by atoms with Crippen molar-refractivity contribution in [3.63, 3.8) is 0 Å². The fourth-order valence-corrected chi connectivity index (χ4v) is 3.24. The van der Waals surface area contributed by atoms with Gasteiger partial charge in [0.25, 0.3) is 0 Å². The molecule has 1 fully saturated rings. The largest absolute Gasteiger partial charge is 0.392 e. The first-order valence-electron chi connectivity index (χ1n) is 8.65. The molecule has 3 N–H and O–H groups in total. The van der Waals surface area contributed by atoms with Gasteiger partial charge in [0.1, 0.15) is 0 Å². The molecule has 0 spiro atoms. The number of nitrogens with zero attached hydrogens (tertiary/aromatic N) is 1. The molecule has 5 nitrogen and oxygen atoms in total. The molecule has 1 saturated carbocycles. The standard InChI is InChI=1S/C19H31N3O2/c1-6-20-17(21-12-14-9-7-8-10-15(14)13-23)22-16-11-19(4,24-5)18(16,2)3/h7-10,16,23H,6,11-13H2,1-5H3,(H2,20,21,22). The van der Waals surface area contributed by atoms with Crippen molar-refractivity contribution in [1.82, 2.24) is 10.6 Å². The summed E-state index contributed by atoms with van der Waals surface area (Å²) >= 11 is 0. The summed E-state index contributed by atoms with van der Waals surface area (Å²) in [5.41, 5.74) is 1.90. The fourth-order valence-electron chi connectivity index (χ4n) is 3.24. The van der Waals surface area contributed by atoms with E-state index in [2.05, 4.69) is 38.3 Å². The van der Waals surface area contributed by atoms with E-state index < -0.39 is 0 Å². The molecule has 0 heterocycles. The smallest absolute Gasteiger partial charge is 0.191 e. The van der Waals surface area contributed by atoms with Crippen LogP contribution in [0.15, 0.2) is 29.3 Å². The number of guanidine groups is 1. The number of hydrogen-bond donors (Lipinski definition) is 3. The van der Waals surface area contributed by atoms with Crippen LogP contribution in [-0.4, -0.2) is 36.4 Å². The average molecular weight is 333 g/mol. The van der Waals surface area contributed by atoms with E-state index >= 15 is 0 Å². The minimum absolute atomic E-state index is 0.0287. The van der Waals surface area contributed by atoms with Crippen molar-refractivity contribution in [2.75, 3.05) is 13.7 Å². The molecule has 2 rings (SSSR count). The van der Waals surface area contributed by atoms with Gasteiger partial charge in [-0.1, -0.05) is 38.1 Å². The van der Waals surface area contributed by atoms with E-state index in [0.717, 1.165) is 30.1 Å². The highest BCUT2D eigenvalue weighted by atomic mass is 16.5. The van der Waals surface area contributed by atoms with E-state index in [4.69, 9.17) is 9.73 Å². The van der Waals surface area contributed by atoms with Crippen LogP contribution in [0.4, 0.5) is 0 Å². The molecular formula is C19H31N3O2. The van der Waals surface area contributed by atoms with E-state index in [1.165, 1.54) is 0 Å². The van der Waals surface area contributed by atoms with E-state index in [-0.39, 0.29) is 17.6 Å². The zero-order valence-corrected chi connectivity index (χ0v) is 15.5. The van der Waals surface area contributed by atoms with Gasteiger partial charge in [0.15, 0.2) is 5.96 Å². The lowest BCUT2D eigenvalue weighted by Gasteiger charge is -2.59. The molecule has 0 aliphatic heterocycles. The van der Waals surface area contributed by atoms with E-state index in [9.17, 15) is 5.11 Å². The first kappa shape index (κ1) is 18.7. The zero-order chi connectivity index (χ0) is 17.8. The third kappa shape index (κ3) is 3.57. The van der Waals surface area contributed by atoms with E-state index in [0.29, 0.717) is 12.6 Å². The summed E-state index contributed by atoms with van der Waals surface area (Å²) in [6.07, 6.45) is 0.953. The molecule has 2 atom stereocenters. The Balaban J connectivity index is 2.07. The van der Waals surface area contributed by atoms with Gasteiger partial charge < -0.3 is 20.5 Å². The quantitative estimate of drug-likeness (QED) is 0.553. The lowest BCUT2D eigenvalue weighted by molar-refractivity contribution is -0.176. The average Bonchev–Trinajstić information content (AvgIpc) is 2.59. The lowest BCUT2D eigenvalue weighted by atomic mass is 9.56. The minimum atomic E-state index is -0.106. The van der Waals surface area contributed by atoms with Crippen LogP contribution >= 0.6 is 0 Å². The Labute approximate surface area is 145 Å². The molecule has 0 saturated heterocycles. The Morgan fingerprint density at radius 2 is 1.96 bits per heavy atom. The van der Waals surface area contributed by atoms with Crippen LogP contribution in [-0.2, 0) is 17.9 Å². The Bertz CT molecular complexity index is 586. The van der Waals surface area contributed by atoms with Crippen LogP contribution in [0.1, 0.15) is 45.2 Å². The van der Waals surface area contributed by atoms with Crippen molar-refractivity contribution in [1.29, 1.82) is 0 Å². The van der Waals surface area contributed by atoms with Crippen molar-refractivity contribution >= 4 is 5.96 Å². The van der Waals surface area contributed by atoms with Gasteiger partial charge in [0.2, 0.25) is 0 Å². The normalized spacial score (nSPS) is 25.9. The lowest BCUT2D eigenvalue weighted by Crippen LogP contribution is -2.69. The van der Waals surface area contributed by atoms with Crippen LogP contribution in [0.25, 0.3) is 0 Å². The molecule has 2 unspecified atom stereocenters. The predicted octanol–water partition coefficient (Wildman–Crippen LogP) is 2.44. The molecular weight excluding hydrogens is 302 g/mol. The minimum Gasteiger partial charge on any atom is -0.392 e. The van der Waals surface area contributed by atoms with Gasteiger partial charge >= 0.3 is 0 Å². The van der Waals surface area contributed by atoms with Gasteiger partial charge in [-0.15, -0.1) is 0 Å². The monoisotopic (exact) mass is 333 g/mol. The van der Waals surface area contributed by atoms with Crippen LogP contribution < -0.4 is 10.6 Å². The van der Waals surface area contributed by atoms with Crippen molar-refractivity contribution in [3.05, 3.63) is 35.4 Å². The van der Waals surface area contributed by atoms with Crippen molar-refractivity contribution < 1.29 is 9.84 Å². The van der Waals surface area contributed by atoms with Crippen molar-refractivity contribution in [3.8, 4) is 0 Å². The molecule has 1 aromatic rings. The van der Waals surface area contributed by atoms with Gasteiger partial charge in [-0.05, 0) is 31.4 Å². The number of nitrogens with one attached hydrogen (secondary N) is 2. The maximum absolute atomic E-state index is 9.44. The highest BCUT2D eigenvalue weighted by Crippen LogP contribution is 2.51. The van der Waals surface area contributed by atoms with E-state index in [1.54, 1.807) is 7.11 Å². The Hall–Kier alpha value is -1.59. The number of rotatable bonds is 6. The molecule has 0 amide bonds. The molecule has 5 heteroatoms. The number of aliphatic imine (C=N–C) groups is 1. The van der Waals surface area contributed by atoms with Crippen LogP contribution in [0, 0.1) is 5.41 Å². The van der Waals surface area contributed by atoms with Crippen LogP contribution in [0.3, 0.4) is 0 Å². The number of aliphatic hydroxyl groups is 1. The summed E-state index contributed by atoms with van der Waals surface area (Å²) in [5, 5.41) is 16.3. The molecule has 1 aliphatic rings. The Morgan fingerprint density at radius 3 is 2.50 bits per heavy atom.